The minimum absolute atomic E-state index is 0.0207. The van der Waals surface area contributed by atoms with Crippen LogP contribution in [0.15, 0.2) is 0 Å². The SMILES string of the molecule is CCOCCOC(CCOF)OC. The molecule has 0 aliphatic heterocycles. The average Bonchev–Trinajstić information content (AvgIpc) is 2.17. The Morgan fingerprint density at radius 1 is 1.23 bits per heavy atom. The summed E-state index contributed by atoms with van der Waals surface area (Å²) in [5.74, 6) is 0. The van der Waals surface area contributed by atoms with Gasteiger partial charge in [0.15, 0.2) is 6.29 Å². The zero-order valence-electron chi connectivity index (χ0n) is 8.12. The predicted octanol–water partition coefficient (Wildman–Crippen LogP) is 1.30. The topological polar surface area (TPSA) is 36.9 Å². The summed E-state index contributed by atoms with van der Waals surface area (Å²) in [5.41, 5.74) is 0. The number of halogens is 1. The van der Waals surface area contributed by atoms with Crippen molar-refractivity contribution in [2.75, 3.05) is 33.5 Å². The minimum atomic E-state index is -0.420. The molecule has 0 aliphatic rings. The second kappa shape index (κ2) is 9.85. The van der Waals surface area contributed by atoms with E-state index in [2.05, 4.69) is 4.94 Å². The second-order valence-corrected chi connectivity index (χ2v) is 2.33. The third-order valence-corrected chi connectivity index (χ3v) is 1.43. The third kappa shape index (κ3) is 8.11. The van der Waals surface area contributed by atoms with E-state index in [0.717, 1.165) is 0 Å². The van der Waals surface area contributed by atoms with E-state index in [9.17, 15) is 4.53 Å². The molecule has 5 heteroatoms. The average molecular weight is 196 g/mol. The van der Waals surface area contributed by atoms with Gasteiger partial charge >= 0.3 is 0 Å². The van der Waals surface area contributed by atoms with Gasteiger partial charge in [0.25, 0.3) is 0 Å². The summed E-state index contributed by atoms with van der Waals surface area (Å²) in [6.45, 7) is 3.51. The maximum absolute atomic E-state index is 11.3. The fourth-order valence-corrected chi connectivity index (χ4v) is 0.793. The molecule has 0 amide bonds. The van der Waals surface area contributed by atoms with E-state index in [-0.39, 0.29) is 6.61 Å². The molecule has 80 valence electrons. The summed E-state index contributed by atoms with van der Waals surface area (Å²) in [7, 11) is 1.50. The molecule has 0 N–H and O–H groups in total. The maximum Gasteiger partial charge on any atom is 0.159 e. The number of hydrogen-bond donors (Lipinski definition) is 0. The molecule has 4 nitrogen and oxygen atoms in total. The van der Waals surface area contributed by atoms with Crippen LogP contribution in [0.5, 0.6) is 0 Å². The van der Waals surface area contributed by atoms with Gasteiger partial charge in [0.2, 0.25) is 0 Å². The summed E-state index contributed by atoms with van der Waals surface area (Å²) in [6, 6.07) is 0. The Morgan fingerprint density at radius 3 is 2.54 bits per heavy atom. The second-order valence-electron chi connectivity index (χ2n) is 2.33. The van der Waals surface area contributed by atoms with Crippen molar-refractivity contribution < 1.29 is 23.7 Å². The highest BCUT2D eigenvalue weighted by atomic mass is 19.3. The molecular weight excluding hydrogens is 179 g/mol. The summed E-state index contributed by atoms with van der Waals surface area (Å²) < 4.78 is 26.5. The van der Waals surface area contributed by atoms with Crippen molar-refractivity contribution in [3.63, 3.8) is 0 Å². The minimum Gasteiger partial charge on any atom is -0.379 e. The molecular formula is C8H17FO4. The van der Waals surface area contributed by atoms with E-state index >= 15 is 0 Å². The Hall–Kier alpha value is -0.230. The van der Waals surface area contributed by atoms with Crippen LogP contribution >= 0.6 is 0 Å². The standard InChI is InChI=1S/C8H17FO4/c1-3-11-6-7-12-8(10-2)4-5-13-9/h8H,3-7H2,1-2H3. The lowest BCUT2D eigenvalue weighted by Crippen LogP contribution is -2.19. The third-order valence-electron chi connectivity index (χ3n) is 1.43. The Morgan fingerprint density at radius 2 is 2.00 bits per heavy atom. The zero-order chi connectivity index (χ0) is 9.94. The van der Waals surface area contributed by atoms with Crippen LogP contribution in [0, 0.1) is 0 Å². The van der Waals surface area contributed by atoms with Gasteiger partial charge in [0, 0.05) is 20.1 Å². The van der Waals surface area contributed by atoms with E-state index in [1.54, 1.807) is 0 Å². The molecule has 0 aromatic rings. The van der Waals surface area contributed by atoms with Gasteiger partial charge in [-0.3, -0.25) is 0 Å². The molecule has 0 rings (SSSR count). The lowest BCUT2D eigenvalue weighted by molar-refractivity contribution is -0.179. The molecule has 0 saturated carbocycles. The fourth-order valence-electron chi connectivity index (χ4n) is 0.793. The van der Waals surface area contributed by atoms with Crippen LogP contribution in [0.3, 0.4) is 0 Å². The highest BCUT2D eigenvalue weighted by Crippen LogP contribution is 1.99. The molecule has 0 aromatic carbocycles. The summed E-state index contributed by atoms with van der Waals surface area (Å²) in [5, 5.41) is 0. The van der Waals surface area contributed by atoms with Crippen LogP contribution in [0.1, 0.15) is 13.3 Å². The predicted molar refractivity (Wildman–Crippen MR) is 44.9 cm³/mol. The van der Waals surface area contributed by atoms with E-state index in [0.29, 0.717) is 26.2 Å². The van der Waals surface area contributed by atoms with E-state index in [4.69, 9.17) is 14.2 Å². The quantitative estimate of drug-likeness (QED) is 0.411. The van der Waals surface area contributed by atoms with Crippen molar-refractivity contribution in [3.05, 3.63) is 0 Å². The molecule has 0 saturated heterocycles. The lowest BCUT2D eigenvalue weighted by atomic mass is 10.4. The van der Waals surface area contributed by atoms with Crippen molar-refractivity contribution in [3.8, 4) is 0 Å². The fraction of sp³-hybridized carbons (Fsp3) is 1.00. The molecule has 0 spiro atoms. The smallest absolute Gasteiger partial charge is 0.159 e. The van der Waals surface area contributed by atoms with Crippen molar-refractivity contribution >= 4 is 0 Å². The van der Waals surface area contributed by atoms with Gasteiger partial charge in [0.1, 0.15) is 0 Å². The zero-order valence-corrected chi connectivity index (χ0v) is 8.12. The number of rotatable bonds is 9. The van der Waals surface area contributed by atoms with Crippen molar-refractivity contribution in [1.29, 1.82) is 0 Å². The van der Waals surface area contributed by atoms with Gasteiger partial charge < -0.3 is 14.2 Å². The van der Waals surface area contributed by atoms with Gasteiger partial charge in [0.05, 0.1) is 19.8 Å². The Labute approximate surface area is 77.8 Å². The Balaban J connectivity index is 3.25. The highest BCUT2D eigenvalue weighted by Gasteiger charge is 2.06. The summed E-state index contributed by atoms with van der Waals surface area (Å²) in [6.07, 6.45) is -0.0460. The van der Waals surface area contributed by atoms with Crippen molar-refractivity contribution in [1.82, 2.24) is 0 Å². The lowest BCUT2D eigenvalue weighted by Gasteiger charge is -2.14. The monoisotopic (exact) mass is 196 g/mol. The summed E-state index contributed by atoms with van der Waals surface area (Å²) >= 11 is 0. The van der Waals surface area contributed by atoms with Crippen LogP contribution in [-0.2, 0) is 19.2 Å². The number of methoxy groups -OCH3 is 1. The number of ether oxygens (including phenoxy) is 3. The molecule has 0 bridgehead atoms. The first-order valence-electron chi connectivity index (χ1n) is 4.30. The van der Waals surface area contributed by atoms with Crippen LogP contribution in [0.25, 0.3) is 0 Å². The van der Waals surface area contributed by atoms with Crippen LogP contribution in [0.4, 0.5) is 4.53 Å². The molecule has 0 fully saturated rings. The molecule has 1 unspecified atom stereocenters. The van der Waals surface area contributed by atoms with E-state index in [1.807, 2.05) is 6.92 Å². The van der Waals surface area contributed by atoms with Gasteiger partial charge in [-0.2, -0.15) is 4.94 Å². The van der Waals surface area contributed by atoms with Crippen LogP contribution < -0.4 is 0 Å². The normalized spacial score (nSPS) is 13.2. The van der Waals surface area contributed by atoms with E-state index in [1.165, 1.54) is 7.11 Å². The Kier molecular flexibility index (Phi) is 9.68. The van der Waals surface area contributed by atoms with Gasteiger partial charge in [-0.15, -0.1) is 0 Å². The molecule has 0 radical (unpaired) electrons. The highest BCUT2D eigenvalue weighted by molar-refractivity contribution is 4.42. The van der Waals surface area contributed by atoms with Crippen LogP contribution in [-0.4, -0.2) is 39.8 Å². The summed E-state index contributed by atoms with van der Waals surface area (Å²) in [4.78, 5) is 3.41. The maximum atomic E-state index is 11.3. The molecule has 0 aromatic heterocycles. The van der Waals surface area contributed by atoms with Gasteiger partial charge in [-0.25, -0.2) is 0 Å². The first-order chi connectivity index (χ1) is 6.35. The molecule has 1 atom stereocenters. The van der Waals surface area contributed by atoms with Gasteiger partial charge in [-0.1, -0.05) is 0 Å². The largest absolute Gasteiger partial charge is 0.379 e. The molecule has 0 aliphatic carbocycles. The Bertz CT molecular complexity index is 102. The number of hydrogen-bond acceptors (Lipinski definition) is 4. The van der Waals surface area contributed by atoms with E-state index < -0.39 is 6.29 Å². The van der Waals surface area contributed by atoms with Gasteiger partial charge in [-0.05, 0) is 11.4 Å². The molecule has 0 heterocycles. The first-order valence-corrected chi connectivity index (χ1v) is 4.30. The van der Waals surface area contributed by atoms with Crippen molar-refractivity contribution in [2.24, 2.45) is 0 Å². The molecule has 13 heavy (non-hydrogen) atoms. The first kappa shape index (κ1) is 12.8. The van der Waals surface area contributed by atoms with Crippen molar-refractivity contribution in [2.45, 2.75) is 19.6 Å². The van der Waals surface area contributed by atoms with Crippen LogP contribution in [0.2, 0.25) is 0 Å².